The SMILES string of the molecule is CCCCC(N)C(=O)Nc1cc(S(C)(=O)=O)ccc1F. The third-order valence-corrected chi connectivity index (χ3v) is 3.94. The van der Waals surface area contributed by atoms with Gasteiger partial charge in [-0.1, -0.05) is 19.8 Å². The molecular formula is C13H19FN2O3S. The average molecular weight is 302 g/mol. The van der Waals surface area contributed by atoms with Gasteiger partial charge in [-0.25, -0.2) is 12.8 Å². The fraction of sp³-hybridized carbons (Fsp3) is 0.462. The van der Waals surface area contributed by atoms with Crippen molar-refractivity contribution < 1.29 is 17.6 Å². The molecule has 0 heterocycles. The molecule has 1 aromatic carbocycles. The number of halogens is 1. The molecule has 0 aliphatic heterocycles. The van der Waals surface area contributed by atoms with E-state index in [-0.39, 0.29) is 10.6 Å². The van der Waals surface area contributed by atoms with Crippen molar-refractivity contribution in [2.75, 3.05) is 11.6 Å². The van der Waals surface area contributed by atoms with Crippen molar-refractivity contribution in [3.63, 3.8) is 0 Å². The van der Waals surface area contributed by atoms with Crippen LogP contribution in [0.2, 0.25) is 0 Å². The van der Waals surface area contributed by atoms with E-state index in [9.17, 15) is 17.6 Å². The van der Waals surface area contributed by atoms with E-state index in [2.05, 4.69) is 5.32 Å². The fourth-order valence-corrected chi connectivity index (χ4v) is 2.26. The quantitative estimate of drug-likeness (QED) is 0.782. The van der Waals surface area contributed by atoms with E-state index in [1.165, 1.54) is 0 Å². The van der Waals surface area contributed by atoms with E-state index in [1.54, 1.807) is 0 Å². The summed E-state index contributed by atoms with van der Waals surface area (Å²) in [6, 6.07) is 2.51. The minimum absolute atomic E-state index is 0.0590. The zero-order valence-corrected chi connectivity index (χ0v) is 12.3. The van der Waals surface area contributed by atoms with Gasteiger partial charge in [0.05, 0.1) is 16.6 Å². The summed E-state index contributed by atoms with van der Waals surface area (Å²) in [4.78, 5) is 11.7. The molecule has 0 aliphatic carbocycles. The van der Waals surface area contributed by atoms with Crippen molar-refractivity contribution in [1.82, 2.24) is 0 Å². The number of hydrogen-bond acceptors (Lipinski definition) is 4. The second kappa shape index (κ2) is 6.81. The predicted molar refractivity (Wildman–Crippen MR) is 75.6 cm³/mol. The van der Waals surface area contributed by atoms with E-state index in [0.717, 1.165) is 37.3 Å². The molecule has 0 aliphatic rings. The molecule has 5 nitrogen and oxygen atoms in total. The summed E-state index contributed by atoms with van der Waals surface area (Å²) < 4.78 is 36.4. The molecule has 1 atom stereocenters. The van der Waals surface area contributed by atoms with Gasteiger partial charge in [-0.2, -0.15) is 0 Å². The van der Waals surface area contributed by atoms with Gasteiger partial charge in [0.15, 0.2) is 9.84 Å². The van der Waals surface area contributed by atoms with Gasteiger partial charge in [0.25, 0.3) is 0 Å². The Morgan fingerprint density at radius 2 is 2.10 bits per heavy atom. The van der Waals surface area contributed by atoms with Crippen molar-refractivity contribution in [2.24, 2.45) is 5.73 Å². The molecule has 112 valence electrons. The number of carbonyl (C=O) groups is 1. The molecule has 0 spiro atoms. The summed E-state index contributed by atoms with van der Waals surface area (Å²) in [5, 5.41) is 2.33. The van der Waals surface area contributed by atoms with Gasteiger partial charge in [0, 0.05) is 6.26 Å². The summed E-state index contributed by atoms with van der Waals surface area (Å²) in [6.45, 7) is 1.97. The lowest BCUT2D eigenvalue weighted by Crippen LogP contribution is -2.35. The van der Waals surface area contributed by atoms with Crippen LogP contribution in [0.3, 0.4) is 0 Å². The first kappa shape index (κ1) is 16.6. The number of sulfone groups is 1. The minimum Gasteiger partial charge on any atom is -0.322 e. The zero-order valence-electron chi connectivity index (χ0n) is 11.5. The van der Waals surface area contributed by atoms with E-state index >= 15 is 0 Å². The maximum atomic E-state index is 13.6. The summed E-state index contributed by atoms with van der Waals surface area (Å²) >= 11 is 0. The summed E-state index contributed by atoms with van der Waals surface area (Å²) in [5.41, 5.74) is 5.50. The van der Waals surface area contributed by atoms with Crippen molar-refractivity contribution in [2.45, 2.75) is 37.1 Å². The monoisotopic (exact) mass is 302 g/mol. The number of carbonyl (C=O) groups excluding carboxylic acids is 1. The Kier molecular flexibility index (Phi) is 5.64. The molecule has 1 unspecified atom stereocenters. The predicted octanol–water partition coefficient (Wildman–Crippen LogP) is 1.69. The van der Waals surface area contributed by atoms with Crippen molar-refractivity contribution in [1.29, 1.82) is 0 Å². The van der Waals surface area contributed by atoms with Crippen LogP contribution in [0, 0.1) is 5.82 Å². The van der Waals surface area contributed by atoms with Crippen LogP contribution in [0.4, 0.5) is 10.1 Å². The van der Waals surface area contributed by atoms with Gasteiger partial charge in [-0.3, -0.25) is 4.79 Å². The average Bonchev–Trinajstić information content (AvgIpc) is 2.37. The van der Waals surface area contributed by atoms with Crippen molar-refractivity contribution >= 4 is 21.4 Å². The second-order valence-corrected chi connectivity index (χ2v) is 6.67. The Hall–Kier alpha value is -1.47. The van der Waals surface area contributed by atoms with Crippen molar-refractivity contribution in [3.8, 4) is 0 Å². The third kappa shape index (κ3) is 4.57. The number of unbranched alkanes of at least 4 members (excludes halogenated alkanes) is 1. The highest BCUT2D eigenvalue weighted by molar-refractivity contribution is 7.90. The van der Waals surface area contributed by atoms with Crippen LogP contribution >= 0.6 is 0 Å². The maximum absolute atomic E-state index is 13.6. The van der Waals surface area contributed by atoms with Gasteiger partial charge in [-0.05, 0) is 24.6 Å². The molecular weight excluding hydrogens is 283 g/mol. The molecule has 7 heteroatoms. The van der Waals surface area contributed by atoms with Crippen LogP contribution in [0.15, 0.2) is 23.1 Å². The van der Waals surface area contributed by atoms with E-state index in [4.69, 9.17) is 5.73 Å². The lowest BCUT2D eigenvalue weighted by Gasteiger charge is -2.13. The van der Waals surface area contributed by atoms with Gasteiger partial charge < -0.3 is 11.1 Å². The number of benzene rings is 1. The number of hydrogen-bond donors (Lipinski definition) is 2. The van der Waals surface area contributed by atoms with Crippen LogP contribution < -0.4 is 11.1 Å². The van der Waals surface area contributed by atoms with Crippen LogP contribution in [-0.4, -0.2) is 26.6 Å². The van der Waals surface area contributed by atoms with Crippen LogP contribution in [0.5, 0.6) is 0 Å². The molecule has 0 saturated carbocycles. The fourth-order valence-electron chi connectivity index (χ4n) is 1.61. The van der Waals surface area contributed by atoms with E-state index < -0.39 is 27.6 Å². The Morgan fingerprint density at radius 1 is 1.45 bits per heavy atom. The van der Waals surface area contributed by atoms with Crippen LogP contribution in [-0.2, 0) is 14.6 Å². The summed E-state index contributed by atoms with van der Waals surface area (Å²) in [5.74, 6) is -1.23. The first-order chi connectivity index (χ1) is 9.25. The highest BCUT2D eigenvalue weighted by Crippen LogP contribution is 2.20. The summed E-state index contributed by atoms with van der Waals surface area (Å²) in [7, 11) is -3.46. The van der Waals surface area contributed by atoms with Crippen LogP contribution in [0.1, 0.15) is 26.2 Å². The van der Waals surface area contributed by atoms with Crippen LogP contribution in [0.25, 0.3) is 0 Å². The van der Waals surface area contributed by atoms with Gasteiger partial charge >= 0.3 is 0 Å². The van der Waals surface area contributed by atoms with E-state index in [1.807, 2.05) is 6.92 Å². The number of rotatable bonds is 6. The molecule has 0 radical (unpaired) electrons. The third-order valence-electron chi connectivity index (χ3n) is 2.83. The Labute approximate surface area is 118 Å². The van der Waals surface area contributed by atoms with Gasteiger partial charge in [0.1, 0.15) is 5.82 Å². The molecule has 1 amide bonds. The molecule has 1 rings (SSSR count). The molecule has 20 heavy (non-hydrogen) atoms. The molecule has 0 fully saturated rings. The maximum Gasteiger partial charge on any atom is 0.241 e. The molecule has 0 bridgehead atoms. The topological polar surface area (TPSA) is 89.3 Å². The largest absolute Gasteiger partial charge is 0.322 e. The number of nitrogens with one attached hydrogen (secondary N) is 1. The lowest BCUT2D eigenvalue weighted by atomic mass is 10.1. The standard InChI is InChI=1S/C13H19FN2O3S/c1-3-4-5-11(15)13(17)16-12-8-9(20(2,18)19)6-7-10(12)14/h6-8,11H,3-5,15H2,1-2H3,(H,16,17). The number of amides is 1. The molecule has 3 N–H and O–H groups in total. The molecule has 0 aromatic heterocycles. The molecule has 0 saturated heterocycles. The minimum atomic E-state index is -3.46. The first-order valence-corrected chi connectivity index (χ1v) is 8.21. The normalized spacial score (nSPS) is 13.0. The zero-order chi connectivity index (χ0) is 15.3. The Morgan fingerprint density at radius 3 is 2.65 bits per heavy atom. The van der Waals surface area contributed by atoms with E-state index in [0.29, 0.717) is 6.42 Å². The van der Waals surface area contributed by atoms with Gasteiger partial charge in [-0.15, -0.1) is 0 Å². The Balaban J connectivity index is 2.89. The smallest absolute Gasteiger partial charge is 0.241 e. The number of nitrogens with two attached hydrogens (primary N) is 1. The Bertz CT molecular complexity index is 587. The lowest BCUT2D eigenvalue weighted by molar-refractivity contribution is -0.117. The number of anilines is 1. The molecule has 1 aromatic rings. The highest BCUT2D eigenvalue weighted by atomic mass is 32.2. The summed E-state index contributed by atoms with van der Waals surface area (Å²) in [6.07, 6.45) is 3.20. The first-order valence-electron chi connectivity index (χ1n) is 6.31. The second-order valence-electron chi connectivity index (χ2n) is 4.65. The van der Waals surface area contributed by atoms with Crippen molar-refractivity contribution in [3.05, 3.63) is 24.0 Å². The highest BCUT2D eigenvalue weighted by Gasteiger charge is 2.17. The van der Waals surface area contributed by atoms with Gasteiger partial charge in [0.2, 0.25) is 5.91 Å².